The van der Waals surface area contributed by atoms with E-state index in [1.54, 1.807) is 0 Å². The van der Waals surface area contributed by atoms with Crippen LogP contribution < -0.4 is 11.2 Å². The van der Waals surface area contributed by atoms with Gasteiger partial charge in [0, 0.05) is 18.2 Å². The average molecular weight is 356 g/mol. The summed E-state index contributed by atoms with van der Waals surface area (Å²) in [4.78, 5) is 25.4. The molecule has 4 atom stereocenters. The van der Waals surface area contributed by atoms with Crippen molar-refractivity contribution < 1.29 is 14.3 Å². The van der Waals surface area contributed by atoms with E-state index in [-0.39, 0.29) is 17.6 Å². The van der Waals surface area contributed by atoms with Crippen molar-refractivity contribution in [2.24, 2.45) is 5.92 Å². The highest BCUT2D eigenvalue weighted by Gasteiger charge is 2.44. The van der Waals surface area contributed by atoms with Crippen LogP contribution in [0.3, 0.4) is 0 Å². The van der Waals surface area contributed by atoms with E-state index in [0.29, 0.717) is 0 Å². The molecule has 2 heterocycles. The Morgan fingerprint density at radius 2 is 2.00 bits per heavy atom. The number of aliphatic hydroxyl groups is 1. The standard InChI is InChI=1S/C16H28N2O5Si/c1-10-13(20)11(9-22-24(5,6)16(2,3)4)23-14(10)18-8-7-12(19)17-15(18)21/h7-8,10-11,13-14,20H,9H2,1-6H3,(H,17,19,21)/t10-,11?,13-,14?/m0/s1. The van der Waals surface area contributed by atoms with Crippen molar-refractivity contribution in [3.05, 3.63) is 33.1 Å². The number of rotatable bonds is 4. The van der Waals surface area contributed by atoms with Crippen molar-refractivity contribution in [2.45, 2.75) is 64.3 Å². The Kier molecular flexibility index (Phi) is 5.24. The van der Waals surface area contributed by atoms with Crippen LogP contribution in [0.2, 0.25) is 18.1 Å². The third-order valence-electron chi connectivity index (χ3n) is 5.22. The van der Waals surface area contributed by atoms with Gasteiger partial charge >= 0.3 is 5.69 Å². The Hall–Kier alpha value is -1.22. The molecule has 0 aromatic carbocycles. The molecule has 1 aromatic heterocycles. The van der Waals surface area contributed by atoms with E-state index in [0.717, 1.165) is 0 Å². The molecule has 1 saturated heterocycles. The molecule has 1 aliphatic rings. The molecular weight excluding hydrogens is 328 g/mol. The van der Waals surface area contributed by atoms with Crippen molar-refractivity contribution >= 4 is 8.32 Å². The molecular formula is C16H28N2O5Si. The molecule has 0 radical (unpaired) electrons. The smallest absolute Gasteiger partial charge is 0.330 e. The second kappa shape index (κ2) is 6.59. The molecule has 2 unspecified atom stereocenters. The second-order valence-corrected chi connectivity index (χ2v) is 12.8. The van der Waals surface area contributed by atoms with Crippen molar-refractivity contribution in [2.75, 3.05) is 6.61 Å². The van der Waals surface area contributed by atoms with Gasteiger partial charge in [-0.2, -0.15) is 0 Å². The summed E-state index contributed by atoms with van der Waals surface area (Å²) in [6.07, 6.45) is -0.472. The summed E-state index contributed by atoms with van der Waals surface area (Å²) < 4.78 is 13.3. The fraction of sp³-hybridized carbons (Fsp3) is 0.750. The molecule has 0 bridgehead atoms. The van der Waals surface area contributed by atoms with Gasteiger partial charge in [0.05, 0.1) is 12.7 Å². The number of nitrogens with one attached hydrogen (secondary N) is 1. The van der Waals surface area contributed by atoms with E-state index in [1.807, 2.05) is 6.92 Å². The molecule has 136 valence electrons. The van der Waals surface area contributed by atoms with Crippen molar-refractivity contribution in [1.82, 2.24) is 9.55 Å². The molecule has 24 heavy (non-hydrogen) atoms. The van der Waals surface area contributed by atoms with Crippen LogP contribution in [0.15, 0.2) is 21.9 Å². The first kappa shape index (κ1) is 19.1. The highest BCUT2D eigenvalue weighted by molar-refractivity contribution is 6.74. The molecule has 1 aromatic rings. The topological polar surface area (TPSA) is 93.6 Å². The predicted octanol–water partition coefficient (Wildman–Crippen LogP) is 1.45. The van der Waals surface area contributed by atoms with Crippen LogP contribution in [0.5, 0.6) is 0 Å². The number of H-pyrrole nitrogens is 1. The van der Waals surface area contributed by atoms with E-state index in [9.17, 15) is 14.7 Å². The lowest BCUT2D eigenvalue weighted by molar-refractivity contribution is -0.0451. The fourth-order valence-corrected chi connectivity index (χ4v) is 3.50. The first-order chi connectivity index (χ1) is 10.9. The Morgan fingerprint density at radius 1 is 1.38 bits per heavy atom. The highest BCUT2D eigenvalue weighted by Crippen LogP contribution is 2.38. The van der Waals surface area contributed by atoms with Crippen molar-refractivity contribution in [3.8, 4) is 0 Å². The van der Waals surface area contributed by atoms with Gasteiger partial charge in [0.25, 0.3) is 5.56 Å². The first-order valence-corrected chi connectivity index (χ1v) is 11.1. The van der Waals surface area contributed by atoms with Crippen LogP contribution in [0.4, 0.5) is 0 Å². The highest BCUT2D eigenvalue weighted by atomic mass is 28.4. The molecule has 0 aliphatic carbocycles. The van der Waals surface area contributed by atoms with Gasteiger partial charge in [0.2, 0.25) is 0 Å². The molecule has 1 fully saturated rings. The third-order valence-corrected chi connectivity index (χ3v) is 9.72. The number of aliphatic hydroxyl groups excluding tert-OH is 1. The number of aromatic amines is 1. The van der Waals surface area contributed by atoms with E-state index in [2.05, 4.69) is 38.8 Å². The Bertz CT molecular complexity index is 691. The number of ether oxygens (including phenoxy) is 1. The quantitative estimate of drug-likeness (QED) is 0.797. The monoisotopic (exact) mass is 356 g/mol. The number of aromatic nitrogens is 2. The van der Waals surface area contributed by atoms with E-state index >= 15 is 0 Å². The minimum atomic E-state index is -1.95. The first-order valence-electron chi connectivity index (χ1n) is 8.23. The number of hydrogen-bond donors (Lipinski definition) is 2. The molecule has 2 rings (SSSR count). The van der Waals surface area contributed by atoms with E-state index < -0.39 is 38.0 Å². The van der Waals surface area contributed by atoms with Crippen LogP contribution in [0.1, 0.15) is 33.9 Å². The van der Waals surface area contributed by atoms with Gasteiger partial charge in [-0.25, -0.2) is 4.79 Å². The normalized spacial score (nSPS) is 28.3. The second-order valence-electron chi connectivity index (χ2n) is 8.00. The average Bonchev–Trinajstić information content (AvgIpc) is 2.72. The molecule has 0 amide bonds. The summed E-state index contributed by atoms with van der Waals surface area (Å²) >= 11 is 0. The lowest BCUT2D eigenvalue weighted by Crippen LogP contribution is -2.44. The zero-order chi connectivity index (χ0) is 18.3. The lowest BCUT2D eigenvalue weighted by atomic mass is 10.0. The fourth-order valence-electron chi connectivity index (χ4n) is 2.48. The molecule has 1 aliphatic heterocycles. The maximum Gasteiger partial charge on any atom is 0.330 e. The largest absolute Gasteiger partial charge is 0.414 e. The summed E-state index contributed by atoms with van der Waals surface area (Å²) in [6.45, 7) is 12.8. The van der Waals surface area contributed by atoms with Crippen LogP contribution in [0, 0.1) is 5.92 Å². The summed E-state index contributed by atoms with van der Waals surface area (Å²) in [6, 6.07) is 1.27. The molecule has 0 saturated carbocycles. The summed E-state index contributed by atoms with van der Waals surface area (Å²) in [5.74, 6) is -0.290. The van der Waals surface area contributed by atoms with Gasteiger partial charge in [0.15, 0.2) is 8.32 Å². The minimum Gasteiger partial charge on any atom is -0.414 e. The molecule has 8 heteroatoms. The van der Waals surface area contributed by atoms with E-state index in [1.165, 1.54) is 16.8 Å². The zero-order valence-electron chi connectivity index (χ0n) is 15.2. The van der Waals surface area contributed by atoms with Gasteiger partial charge in [-0.1, -0.05) is 27.7 Å². The van der Waals surface area contributed by atoms with Crippen LogP contribution in [-0.2, 0) is 9.16 Å². The van der Waals surface area contributed by atoms with Gasteiger partial charge in [-0.3, -0.25) is 14.3 Å². The third kappa shape index (κ3) is 3.71. The Labute approximate surface area is 142 Å². The lowest BCUT2D eigenvalue weighted by Gasteiger charge is -2.37. The zero-order valence-corrected chi connectivity index (χ0v) is 16.2. The molecule has 7 nitrogen and oxygen atoms in total. The maximum absolute atomic E-state index is 12.0. The Morgan fingerprint density at radius 3 is 2.54 bits per heavy atom. The van der Waals surface area contributed by atoms with Crippen LogP contribution in [0.25, 0.3) is 0 Å². The molecule has 2 N–H and O–H groups in total. The maximum atomic E-state index is 12.0. The van der Waals surface area contributed by atoms with E-state index in [4.69, 9.17) is 9.16 Å². The van der Waals surface area contributed by atoms with Gasteiger partial charge in [0.1, 0.15) is 12.3 Å². The van der Waals surface area contributed by atoms with Gasteiger partial charge in [-0.05, 0) is 18.1 Å². The van der Waals surface area contributed by atoms with Gasteiger partial charge in [-0.15, -0.1) is 0 Å². The summed E-state index contributed by atoms with van der Waals surface area (Å²) in [7, 11) is -1.95. The summed E-state index contributed by atoms with van der Waals surface area (Å²) in [5, 5.41) is 10.5. The minimum absolute atomic E-state index is 0.0669. The predicted molar refractivity (Wildman–Crippen MR) is 93.6 cm³/mol. The number of hydrogen-bond acceptors (Lipinski definition) is 5. The SMILES string of the molecule is C[C@@H]1C(n2ccc(=O)[nH]c2=O)OC(CO[Si](C)(C)C(C)(C)C)[C@H]1O. The summed E-state index contributed by atoms with van der Waals surface area (Å²) in [5.41, 5.74) is -1.00. The number of nitrogens with zero attached hydrogens (tertiary/aromatic N) is 1. The van der Waals surface area contributed by atoms with Gasteiger partial charge < -0.3 is 14.3 Å². The van der Waals surface area contributed by atoms with Crippen molar-refractivity contribution in [3.63, 3.8) is 0 Å². The van der Waals surface area contributed by atoms with Crippen LogP contribution in [-0.4, -0.2) is 41.8 Å². The van der Waals surface area contributed by atoms with Crippen LogP contribution >= 0.6 is 0 Å². The molecule has 0 spiro atoms. The van der Waals surface area contributed by atoms with Crippen molar-refractivity contribution in [1.29, 1.82) is 0 Å². The Balaban J connectivity index is 2.13.